The molecule has 200 valence electrons. The zero-order chi connectivity index (χ0) is 27.3. The molecule has 2 heterocycles. The van der Waals surface area contributed by atoms with Crippen LogP contribution in [0.5, 0.6) is 11.5 Å². The van der Waals surface area contributed by atoms with E-state index in [2.05, 4.69) is 15.6 Å². The van der Waals surface area contributed by atoms with Crippen molar-refractivity contribution in [3.63, 3.8) is 0 Å². The number of carbonyl (C=O) groups excluding carboxylic acids is 2. The van der Waals surface area contributed by atoms with Gasteiger partial charge >= 0.3 is 0 Å². The van der Waals surface area contributed by atoms with E-state index >= 15 is 0 Å². The highest BCUT2D eigenvalue weighted by molar-refractivity contribution is 5.89. The topological polar surface area (TPSA) is 112 Å². The van der Waals surface area contributed by atoms with E-state index in [0.717, 1.165) is 5.52 Å². The van der Waals surface area contributed by atoms with Crippen molar-refractivity contribution in [2.24, 2.45) is 0 Å². The fraction of sp³-hybridized carbons (Fsp3) is 0.357. The van der Waals surface area contributed by atoms with Crippen LogP contribution < -0.4 is 14.8 Å². The Labute approximate surface area is 221 Å². The first-order valence-electron chi connectivity index (χ1n) is 12.4. The maximum Gasteiger partial charge on any atom is 0.247 e. The summed E-state index contributed by atoms with van der Waals surface area (Å²) in [4.78, 5) is 29.4. The Hall–Kier alpha value is -4.34. The number of para-hydroxylation sites is 1. The molecule has 0 unspecified atom stereocenters. The van der Waals surface area contributed by atoms with Crippen LogP contribution in [0.25, 0.3) is 11.0 Å². The van der Waals surface area contributed by atoms with Crippen LogP contribution in [0.2, 0.25) is 0 Å². The van der Waals surface area contributed by atoms with Crippen LogP contribution in [0.1, 0.15) is 44.6 Å². The molecule has 0 aliphatic carbocycles. The number of rotatable bonds is 11. The third-order valence-corrected chi connectivity index (χ3v) is 6.56. The number of hydrogen-bond donors (Lipinski definition) is 1. The normalized spacial score (nSPS) is 12.2. The maximum atomic E-state index is 14.0. The first-order chi connectivity index (χ1) is 18.3. The Balaban J connectivity index is 1.79. The van der Waals surface area contributed by atoms with Crippen molar-refractivity contribution in [2.45, 2.75) is 51.9 Å². The molecule has 0 fully saturated rings. The summed E-state index contributed by atoms with van der Waals surface area (Å²) < 4.78 is 18.0. The van der Waals surface area contributed by atoms with E-state index in [1.165, 1.54) is 23.0 Å². The van der Waals surface area contributed by atoms with Gasteiger partial charge in [0.05, 0.1) is 32.5 Å². The third kappa shape index (κ3) is 5.80. The summed E-state index contributed by atoms with van der Waals surface area (Å²) >= 11 is 0. The molecule has 0 aliphatic rings. The molecule has 0 aliphatic heterocycles. The minimum atomic E-state index is -0.993. The molecule has 4 aromatic rings. The highest BCUT2D eigenvalue weighted by Gasteiger charge is 2.35. The summed E-state index contributed by atoms with van der Waals surface area (Å²) in [6, 6.07) is 15.1. The average molecular weight is 520 g/mol. The van der Waals surface area contributed by atoms with E-state index in [9.17, 15) is 9.59 Å². The lowest BCUT2D eigenvalue weighted by molar-refractivity contribution is -0.143. The Bertz CT molecular complexity index is 1400. The molecule has 2 aromatic heterocycles. The summed E-state index contributed by atoms with van der Waals surface area (Å²) in [5, 5.41) is 11.4. The number of fused-ring (bicyclic) bond motifs is 1. The number of methoxy groups -OCH3 is 2. The number of benzene rings is 2. The Morgan fingerprint density at radius 3 is 2.53 bits per heavy atom. The molecule has 1 atom stereocenters. The Kier molecular flexibility index (Phi) is 7.99. The second-order valence-electron chi connectivity index (χ2n) is 9.58. The predicted octanol–water partition coefficient (Wildman–Crippen LogP) is 4.12. The van der Waals surface area contributed by atoms with Gasteiger partial charge in [-0.2, -0.15) is 0 Å². The average Bonchev–Trinajstić information content (AvgIpc) is 3.58. The van der Waals surface area contributed by atoms with Crippen molar-refractivity contribution >= 4 is 22.8 Å². The van der Waals surface area contributed by atoms with Crippen molar-refractivity contribution in [3.8, 4) is 11.5 Å². The number of amides is 2. The van der Waals surface area contributed by atoms with Gasteiger partial charge in [0.15, 0.2) is 11.5 Å². The summed E-state index contributed by atoms with van der Waals surface area (Å²) in [5.74, 6) is 0.844. The molecule has 0 saturated carbocycles. The molecular formula is C28H33N5O5. The van der Waals surface area contributed by atoms with Crippen LogP contribution in [-0.4, -0.2) is 51.5 Å². The predicted molar refractivity (Wildman–Crippen MR) is 142 cm³/mol. The number of furan rings is 1. The van der Waals surface area contributed by atoms with Crippen molar-refractivity contribution in [2.75, 3.05) is 14.2 Å². The second-order valence-corrected chi connectivity index (χ2v) is 9.58. The summed E-state index contributed by atoms with van der Waals surface area (Å²) in [6.45, 7) is 5.83. The van der Waals surface area contributed by atoms with E-state index in [1.807, 2.05) is 45.0 Å². The fourth-order valence-corrected chi connectivity index (χ4v) is 4.13. The highest BCUT2D eigenvalue weighted by atomic mass is 16.5. The van der Waals surface area contributed by atoms with Gasteiger partial charge in [0.25, 0.3) is 0 Å². The lowest BCUT2D eigenvalue weighted by Crippen LogP contribution is -2.50. The lowest BCUT2D eigenvalue weighted by Gasteiger charge is -2.34. The van der Waals surface area contributed by atoms with Crippen molar-refractivity contribution in [1.82, 2.24) is 25.2 Å². The quantitative estimate of drug-likeness (QED) is 0.317. The van der Waals surface area contributed by atoms with Gasteiger partial charge in [0.1, 0.15) is 23.9 Å². The zero-order valence-corrected chi connectivity index (χ0v) is 22.3. The minimum Gasteiger partial charge on any atom is -0.493 e. The van der Waals surface area contributed by atoms with Crippen LogP contribution in [0.3, 0.4) is 0 Å². The number of hydrogen-bond acceptors (Lipinski definition) is 7. The summed E-state index contributed by atoms with van der Waals surface area (Å²) in [6.07, 6.45) is 2.24. The molecule has 10 heteroatoms. The number of aromatic nitrogens is 3. The van der Waals surface area contributed by atoms with Crippen molar-refractivity contribution in [1.29, 1.82) is 0 Å². The second kappa shape index (κ2) is 11.4. The fourth-order valence-electron chi connectivity index (χ4n) is 4.13. The molecule has 4 rings (SSSR count). The van der Waals surface area contributed by atoms with Gasteiger partial charge in [-0.05, 0) is 62.2 Å². The molecule has 10 nitrogen and oxygen atoms in total. The van der Waals surface area contributed by atoms with Crippen molar-refractivity contribution < 1.29 is 23.5 Å². The zero-order valence-electron chi connectivity index (χ0n) is 22.3. The van der Waals surface area contributed by atoms with E-state index in [1.54, 1.807) is 37.4 Å². The number of nitrogens with zero attached hydrogens (tertiary/aromatic N) is 4. The third-order valence-electron chi connectivity index (χ3n) is 6.56. The van der Waals surface area contributed by atoms with Gasteiger partial charge in [-0.1, -0.05) is 30.3 Å². The number of ether oxygens (including phenoxy) is 2. The highest BCUT2D eigenvalue weighted by Crippen LogP contribution is 2.33. The molecule has 1 N–H and O–H groups in total. The van der Waals surface area contributed by atoms with Crippen LogP contribution in [0.4, 0.5) is 0 Å². The lowest BCUT2D eigenvalue weighted by atomic mass is 9.98. The van der Waals surface area contributed by atoms with Crippen LogP contribution >= 0.6 is 0 Å². The molecule has 0 saturated heterocycles. The van der Waals surface area contributed by atoms with Crippen LogP contribution in [0, 0.1) is 0 Å². The molecular weight excluding hydrogens is 486 g/mol. The first kappa shape index (κ1) is 26.7. The number of carbonyl (C=O) groups is 2. The van der Waals surface area contributed by atoms with E-state index in [-0.39, 0.29) is 24.9 Å². The van der Waals surface area contributed by atoms with Gasteiger partial charge in [-0.3, -0.25) is 9.59 Å². The largest absolute Gasteiger partial charge is 0.493 e. The monoisotopic (exact) mass is 519 g/mol. The maximum absolute atomic E-state index is 14.0. The molecule has 2 aromatic carbocycles. The molecule has 0 bridgehead atoms. The van der Waals surface area contributed by atoms with Crippen LogP contribution in [-0.2, 0) is 22.7 Å². The molecule has 0 radical (unpaired) electrons. The van der Waals surface area contributed by atoms with E-state index < -0.39 is 11.6 Å². The van der Waals surface area contributed by atoms with Gasteiger partial charge in [0.2, 0.25) is 11.8 Å². The van der Waals surface area contributed by atoms with Crippen LogP contribution in [0.15, 0.2) is 65.3 Å². The summed E-state index contributed by atoms with van der Waals surface area (Å²) in [5.41, 5.74) is 1.47. The SMILES string of the molecule is CCC(C)(C)NC(=O)[C@H](c1ccc(OC)c(OC)c1)N(Cc1ccco1)C(=O)Cn1nnc2ccccc21. The Morgan fingerprint density at radius 2 is 1.84 bits per heavy atom. The Morgan fingerprint density at radius 1 is 1.08 bits per heavy atom. The van der Waals surface area contributed by atoms with Crippen molar-refractivity contribution in [3.05, 3.63) is 72.2 Å². The number of nitrogens with one attached hydrogen (secondary N) is 1. The van der Waals surface area contributed by atoms with Gasteiger partial charge in [-0.15, -0.1) is 5.10 Å². The van der Waals surface area contributed by atoms with Gasteiger partial charge in [-0.25, -0.2) is 4.68 Å². The standard InChI is InChI=1S/C28H33N5O5/c1-6-28(2,3)29-27(35)26(19-13-14-23(36-4)24(16-19)37-5)32(17-20-10-9-15-38-20)25(34)18-33-22-12-8-7-11-21(22)30-31-33/h7-16,26H,6,17-18H2,1-5H3,(H,29,35)/t26-/m0/s1. The molecule has 38 heavy (non-hydrogen) atoms. The van der Waals surface area contributed by atoms with E-state index in [0.29, 0.717) is 34.8 Å². The van der Waals surface area contributed by atoms with Gasteiger partial charge in [0, 0.05) is 5.54 Å². The smallest absolute Gasteiger partial charge is 0.247 e. The van der Waals surface area contributed by atoms with E-state index in [4.69, 9.17) is 13.9 Å². The minimum absolute atomic E-state index is 0.0669. The molecule has 2 amide bonds. The first-order valence-corrected chi connectivity index (χ1v) is 12.4. The summed E-state index contributed by atoms with van der Waals surface area (Å²) in [7, 11) is 3.07. The molecule has 0 spiro atoms. The van der Waals surface area contributed by atoms with Gasteiger partial charge < -0.3 is 24.1 Å².